The number of hydrogen-bond donors (Lipinski definition) is 1. The van der Waals surface area contributed by atoms with Crippen LogP contribution in [-0.4, -0.2) is 15.0 Å². The van der Waals surface area contributed by atoms with Gasteiger partial charge in [-0.3, -0.25) is 0 Å². The fraction of sp³-hybridized carbons (Fsp3) is 0.200. The van der Waals surface area contributed by atoms with Gasteiger partial charge < -0.3 is 0 Å². The van der Waals surface area contributed by atoms with Crippen LogP contribution in [0.15, 0.2) is 41.3 Å². The highest BCUT2D eigenvalue weighted by Crippen LogP contribution is 2.15. The zero-order valence-electron chi connectivity index (χ0n) is 8.33. The summed E-state index contributed by atoms with van der Waals surface area (Å²) in [6, 6.07) is 6.12. The van der Waals surface area contributed by atoms with Gasteiger partial charge in [0.25, 0.3) is 0 Å². The molecule has 0 aliphatic carbocycles. The highest BCUT2D eigenvalue weighted by molar-refractivity contribution is 7.89. The van der Waals surface area contributed by atoms with Gasteiger partial charge in [-0.1, -0.05) is 29.8 Å². The topological polar surface area (TPSA) is 46.2 Å². The average molecular weight is 246 g/mol. The van der Waals surface area contributed by atoms with E-state index in [1.165, 1.54) is 12.1 Å². The number of nitrogens with one attached hydrogen (secondary N) is 1. The maximum absolute atomic E-state index is 11.7. The van der Waals surface area contributed by atoms with Gasteiger partial charge in [0.05, 0.1) is 4.90 Å². The van der Waals surface area contributed by atoms with Crippen LogP contribution in [0.5, 0.6) is 0 Å². The molecule has 0 aliphatic rings. The van der Waals surface area contributed by atoms with Crippen molar-refractivity contribution in [1.29, 1.82) is 0 Å². The third kappa shape index (κ3) is 3.66. The predicted molar refractivity (Wildman–Crippen MR) is 61.5 cm³/mol. The zero-order chi connectivity index (χ0) is 11.5. The molecule has 0 atom stereocenters. The molecule has 0 bridgehead atoms. The van der Waals surface area contributed by atoms with Crippen molar-refractivity contribution in [3.05, 3.63) is 41.4 Å². The third-order valence-corrected chi connectivity index (χ3v) is 3.30. The standard InChI is InChI=1S/C10H12ClNO2S/c1-8(2)7-12-15(13,14)10-5-3-4-9(11)6-10/h3-6,12H,1,7H2,2H3. The molecule has 0 spiro atoms. The monoisotopic (exact) mass is 245 g/mol. The van der Waals surface area contributed by atoms with Gasteiger partial charge in [0.2, 0.25) is 10.0 Å². The Balaban J connectivity index is 2.91. The van der Waals surface area contributed by atoms with Crippen LogP contribution in [0.1, 0.15) is 6.92 Å². The minimum absolute atomic E-state index is 0.163. The lowest BCUT2D eigenvalue weighted by atomic mass is 10.4. The van der Waals surface area contributed by atoms with Gasteiger partial charge in [0.15, 0.2) is 0 Å². The predicted octanol–water partition coefficient (Wildman–Crippen LogP) is 2.19. The van der Waals surface area contributed by atoms with Gasteiger partial charge in [-0.25, -0.2) is 13.1 Å². The summed E-state index contributed by atoms with van der Waals surface area (Å²) in [6.45, 7) is 5.60. The second-order valence-corrected chi connectivity index (χ2v) is 5.44. The van der Waals surface area contributed by atoms with E-state index in [4.69, 9.17) is 11.6 Å². The Morgan fingerprint density at radius 2 is 2.20 bits per heavy atom. The zero-order valence-corrected chi connectivity index (χ0v) is 9.90. The molecular weight excluding hydrogens is 234 g/mol. The first-order valence-corrected chi connectivity index (χ1v) is 6.17. The Morgan fingerprint density at radius 3 is 2.73 bits per heavy atom. The Bertz CT molecular complexity index is 468. The minimum atomic E-state index is -3.47. The van der Waals surface area contributed by atoms with Crippen molar-refractivity contribution in [2.75, 3.05) is 6.54 Å². The van der Waals surface area contributed by atoms with Crippen molar-refractivity contribution in [1.82, 2.24) is 4.72 Å². The summed E-state index contributed by atoms with van der Waals surface area (Å²) < 4.78 is 25.8. The van der Waals surface area contributed by atoms with Crippen molar-refractivity contribution in [3.63, 3.8) is 0 Å². The molecular formula is C10H12ClNO2S. The fourth-order valence-electron chi connectivity index (χ4n) is 0.936. The van der Waals surface area contributed by atoms with Crippen molar-refractivity contribution in [2.24, 2.45) is 0 Å². The van der Waals surface area contributed by atoms with Crippen molar-refractivity contribution < 1.29 is 8.42 Å². The van der Waals surface area contributed by atoms with Crippen molar-refractivity contribution in [2.45, 2.75) is 11.8 Å². The largest absolute Gasteiger partial charge is 0.240 e. The number of hydrogen-bond acceptors (Lipinski definition) is 2. The van der Waals surface area contributed by atoms with E-state index in [2.05, 4.69) is 11.3 Å². The lowest BCUT2D eigenvalue weighted by Crippen LogP contribution is -2.25. The Hall–Kier alpha value is -0.840. The second kappa shape index (κ2) is 4.79. The van der Waals surface area contributed by atoms with Crippen LogP contribution in [0, 0.1) is 0 Å². The maximum atomic E-state index is 11.7. The van der Waals surface area contributed by atoms with Gasteiger partial charge >= 0.3 is 0 Å². The molecule has 0 aliphatic heterocycles. The van der Waals surface area contributed by atoms with Crippen molar-refractivity contribution >= 4 is 21.6 Å². The molecule has 0 saturated heterocycles. The third-order valence-electron chi connectivity index (χ3n) is 1.67. The van der Waals surface area contributed by atoms with Crippen LogP contribution >= 0.6 is 11.6 Å². The van der Waals surface area contributed by atoms with Gasteiger partial charge in [-0.05, 0) is 25.1 Å². The van der Waals surface area contributed by atoms with Gasteiger partial charge in [0, 0.05) is 11.6 Å². The van der Waals surface area contributed by atoms with Gasteiger partial charge in [-0.15, -0.1) is 0 Å². The maximum Gasteiger partial charge on any atom is 0.240 e. The first-order valence-electron chi connectivity index (χ1n) is 4.31. The molecule has 0 heterocycles. The first-order chi connectivity index (χ1) is 6.92. The highest BCUT2D eigenvalue weighted by Gasteiger charge is 2.12. The molecule has 82 valence electrons. The molecule has 0 unspecified atom stereocenters. The Morgan fingerprint density at radius 1 is 1.53 bits per heavy atom. The molecule has 1 rings (SSSR count). The summed E-state index contributed by atoms with van der Waals surface area (Å²) in [5.41, 5.74) is 0.751. The van der Waals surface area contributed by atoms with E-state index in [1.54, 1.807) is 19.1 Å². The summed E-state index contributed by atoms with van der Waals surface area (Å²) >= 11 is 5.70. The summed E-state index contributed by atoms with van der Waals surface area (Å²) in [5, 5.41) is 0.396. The summed E-state index contributed by atoms with van der Waals surface area (Å²) in [6.07, 6.45) is 0. The van der Waals surface area contributed by atoms with Crippen LogP contribution in [0.2, 0.25) is 5.02 Å². The molecule has 5 heteroatoms. The molecule has 0 radical (unpaired) electrons. The lowest BCUT2D eigenvalue weighted by molar-refractivity contribution is 0.584. The fourth-order valence-corrected chi connectivity index (χ4v) is 2.33. The Kier molecular flexibility index (Phi) is 3.90. The number of benzene rings is 1. The van der Waals surface area contributed by atoms with E-state index in [1.807, 2.05) is 0 Å². The quantitative estimate of drug-likeness (QED) is 0.827. The molecule has 1 aromatic rings. The SMILES string of the molecule is C=C(C)CNS(=O)(=O)c1cccc(Cl)c1. The Labute approximate surface area is 94.8 Å². The van der Waals surface area contributed by atoms with E-state index in [9.17, 15) is 8.42 Å². The minimum Gasteiger partial charge on any atom is -0.207 e. The van der Waals surface area contributed by atoms with Crippen LogP contribution in [-0.2, 0) is 10.0 Å². The summed E-state index contributed by atoms with van der Waals surface area (Å²) in [4.78, 5) is 0.163. The van der Waals surface area contributed by atoms with Crippen LogP contribution in [0.25, 0.3) is 0 Å². The number of sulfonamides is 1. The molecule has 0 fully saturated rings. The van der Waals surface area contributed by atoms with E-state index < -0.39 is 10.0 Å². The van der Waals surface area contributed by atoms with E-state index in [0.717, 1.165) is 5.57 Å². The molecule has 3 nitrogen and oxygen atoms in total. The van der Waals surface area contributed by atoms with E-state index >= 15 is 0 Å². The summed E-state index contributed by atoms with van der Waals surface area (Å²) in [5.74, 6) is 0. The average Bonchev–Trinajstić information content (AvgIpc) is 2.15. The van der Waals surface area contributed by atoms with Crippen molar-refractivity contribution in [3.8, 4) is 0 Å². The molecule has 15 heavy (non-hydrogen) atoms. The normalized spacial score (nSPS) is 11.3. The lowest BCUT2D eigenvalue weighted by Gasteiger charge is -2.06. The van der Waals surface area contributed by atoms with E-state index in [0.29, 0.717) is 5.02 Å². The van der Waals surface area contributed by atoms with E-state index in [-0.39, 0.29) is 11.4 Å². The first kappa shape index (κ1) is 12.2. The molecule has 1 N–H and O–H groups in total. The number of rotatable bonds is 4. The van der Waals surface area contributed by atoms with Gasteiger partial charge in [-0.2, -0.15) is 0 Å². The van der Waals surface area contributed by atoms with Crippen LogP contribution in [0.3, 0.4) is 0 Å². The molecule has 1 aromatic carbocycles. The van der Waals surface area contributed by atoms with Crippen LogP contribution in [0.4, 0.5) is 0 Å². The second-order valence-electron chi connectivity index (χ2n) is 3.24. The van der Waals surface area contributed by atoms with Crippen LogP contribution < -0.4 is 4.72 Å². The summed E-state index contributed by atoms with van der Waals surface area (Å²) in [7, 11) is -3.47. The smallest absolute Gasteiger partial charge is 0.207 e. The molecule has 0 aromatic heterocycles. The molecule has 0 saturated carbocycles. The van der Waals surface area contributed by atoms with Gasteiger partial charge in [0.1, 0.15) is 0 Å². The number of halogens is 1. The highest BCUT2D eigenvalue weighted by atomic mass is 35.5. The molecule has 0 amide bonds.